The predicted octanol–water partition coefficient (Wildman–Crippen LogP) is 6.74. The lowest BCUT2D eigenvalue weighted by Crippen LogP contribution is -2.15. The highest BCUT2D eigenvalue weighted by Gasteiger charge is 2.09. The standard InChI is InChI=1S/C18H18O3.C12H10/c1-13-3-7-15(8-4-13)17(19)11-21-12-18(20)16-9-5-14(2)6-10-16;1-3-7-11(8-4-1)12-9-5-2-6-10-12/h3-10H,11-12H2,1-2H3;1-10H. The molecule has 3 nitrogen and oxygen atoms in total. The van der Waals surface area contributed by atoms with E-state index in [0.29, 0.717) is 11.1 Å². The Morgan fingerprint density at radius 2 is 0.848 bits per heavy atom. The Morgan fingerprint density at radius 3 is 1.18 bits per heavy atom. The molecule has 166 valence electrons. The second-order valence-corrected chi connectivity index (χ2v) is 7.80. The van der Waals surface area contributed by atoms with Crippen molar-refractivity contribution in [3.63, 3.8) is 0 Å². The van der Waals surface area contributed by atoms with Crippen LogP contribution in [0.3, 0.4) is 0 Å². The molecule has 0 bridgehead atoms. The SMILES string of the molecule is Cc1ccc(C(=O)COCC(=O)c2ccc(C)cc2)cc1.c1ccc(-c2ccccc2)cc1. The van der Waals surface area contributed by atoms with E-state index in [1.807, 2.05) is 50.2 Å². The Hall–Kier alpha value is -3.82. The number of aryl methyl sites for hydroxylation is 2. The minimum absolute atomic E-state index is 0.0827. The number of rotatable bonds is 7. The van der Waals surface area contributed by atoms with Crippen molar-refractivity contribution in [1.29, 1.82) is 0 Å². The van der Waals surface area contributed by atoms with E-state index in [1.54, 1.807) is 24.3 Å². The zero-order valence-electron chi connectivity index (χ0n) is 19.0. The van der Waals surface area contributed by atoms with Crippen LogP contribution in [0.5, 0.6) is 0 Å². The average Bonchev–Trinajstić information content (AvgIpc) is 2.86. The zero-order chi connectivity index (χ0) is 23.5. The zero-order valence-corrected chi connectivity index (χ0v) is 19.0. The number of ketones is 2. The molecule has 4 rings (SSSR count). The van der Waals surface area contributed by atoms with Crippen molar-refractivity contribution in [2.24, 2.45) is 0 Å². The van der Waals surface area contributed by atoms with Gasteiger partial charge in [-0.25, -0.2) is 0 Å². The third kappa shape index (κ3) is 7.67. The lowest BCUT2D eigenvalue weighted by atomic mass is 10.1. The highest BCUT2D eigenvalue weighted by atomic mass is 16.5. The highest BCUT2D eigenvalue weighted by Crippen LogP contribution is 2.17. The molecule has 4 aromatic carbocycles. The number of benzene rings is 4. The second kappa shape index (κ2) is 12.3. The Labute approximate surface area is 195 Å². The van der Waals surface area contributed by atoms with E-state index in [4.69, 9.17) is 4.74 Å². The van der Waals surface area contributed by atoms with Crippen LogP contribution in [-0.2, 0) is 4.74 Å². The maximum absolute atomic E-state index is 11.9. The summed E-state index contributed by atoms with van der Waals surface area (Å²) >= 11 is 0. The van der Waals surface area contributed by atoms with Crippen molar-refractivity contribution in [3.8, 4) is 11.1 Å². The molecule has 0 atom stereocenters. The van der Waals surface area contributed by atoms with Crippen LogP contribution in [0.2, 0.25) is 0 Å². The minimum Gasteiger partial charge on any atom is -0.365 e. The van der Waals surface area contributed by atoms with Gasteiger partial charge < -0.3 is 4.74 Å². The number of Topliss-reactive ketones (excluding diaryl/α,β-unsaturated/α-hetero) is 2. The van der Waals surface area contributed by atoms with Crippen LogP contribution < -0.4 is 0 Å². The molecule has 0 N–H and O–H groups in total. The van der Waals surface area contributed by atoms with Crippen molar-refractivity contribution in [3.05, 3.63) is 131 Å². The van der Waals surface area contributed by atoms with Gasteiger partial charge in [0.1, 0.15) is 13.2 Å². The number of hydrogen-bond acceptors (Lipinski definition) is 3. The van der Waals surface area contributed by atoms with E-state index in [-0.39, 0.29) is 24.8 Å². The Morgan fingerprint density at radius 1 is 0.515 bits per heavy atom. The van der Waals surface area contributed by atoms with Crippen molar-refractivity contribution < 1.29 is 14.3 Å². The van der Waals surface area contributed by atoms with Crippen LogP contribution in [0.1, 0.15) is 31.8 Å². The van der Waals surface area contributed by atoms with Gasteiger partial charge in [0.05, 0.1) is 0 Å². The molecule has 0 amide bonds. The third-order valence-electron chi connectivity index (χ3n) is 5.09. The van der Waals surface area contributed by atoms with Gasteiger partial charge in [0.2, 0.25) is 0 Å². The largest absolute Gasteiger partial charge is 0.365 e. The molecule has 0 aliphatic carbocycles. The summed E-state index contributed by atoms with van der Waals surface area (Å²) in [6, 6.07) is 35.4. The van der Waals surface area contributed by atoms with Gasteiger partial charge in [0.15, 0.2) is 11.6 Å². The molecule has 0 heterocycles. The van der Waals surface area contributed by atoms with E-state index in [2.05, 4.69) is 48.5 Å². The molecule has 0 saturated carbocycles. The maximum Gasteiger partial charge on any atom is 0.188 e. The summed E-state index contributed by atoms with van der Waals surface area (Å²) in [7, 11) is 0. The Balaban J connectivity index is 0.000000215. The fourth-order valence-corrected chi connectivity index (χ4v) is 3.14. The summed E-state index contributed by atoms with van der Waals surface area (Å²) in [5, 5.41) is 0. The first-order valence-electron chi connectivity index (χ1n) is 10.9. The monoisotopic (exact) mass is 436 g/mol. The van der Waals surface area contributed by atoms with Gasteiger partial charge in [-0.1, -0.05) is 120 Å². The van der Waals surface area contributed by atoms with E-state index < -0.39 is 0 Å². The molecule has 0 aliphatic rings. The van der Waals surface area contributed by atoms with Gasteiger partial charge in [-0.3, -0.25) is 9.59 Å². The van der Waals surface area contributed by atoms with Crippen molar-refractivity contribution in [2.45, 2.75) is 13.8 Å². The topological polar surface area (TPSA) is 43.4 Å². The van der Waals surface area contributed by atoms with Crippen LogP contribution in [0.25, 0.3) is 11.1 Å². The lowest BCUT2D eigenvalue weighted by molar-refractivity contribution is 0.0672. The van der Waals surface area contributed by atoms with Crippen molar-refractivity contribution in [2.75, 3.05) is 13.2 Å². The van der Waals surface area contributed by atoms with Crippen molar-refractivity contribution >= 4 is 11.6 Å². The molecule has 0 fully saturated rings. The quantitative estimate of drug-likeness (QED) is 0.301. The van der Waals surface area contributed by atoms with Crippen LogP contribution in [0.4, 0.5) is 0 Å². The minimum atomic E-state index is -0.119. The molecular weight excluding hydrogens is 408 g/mol. The number of ether oxygens (including phenoxy) is 1. The molecule has 0 radical (unpaired) electrons. The Bertz CT molecular complexity index is 1050. The molecule has 0 aliphatic heterocycles. The predicted molar refractivity (Wildman–Crippen MR) is 134 cm³/mol. The summed E-state index contributed by atoms with van der Waals surface area (Å²) in [4.78, 5) is 23.8. The molecule has 33 heavy (non-hydrogen) atoms. The first-order valence-corrected chi connectivity index (χ1v) is 10.9. The van der Waals surface area contributed by atoms with E-state index in [9.17, 15) is 9.59 Å². The summed E-state index contributed by atoms with van der Waals surface area (Å²) in [6.45, 7) is 3.76. The summed E-state index contributed by atoms with van der Waals surface area (Å²) in [6.07, 6.45) is 0. The number of hydrogen-bond donors (Lipinski definition) is 0. The number of carbonyl (C=O) groups excluding carboxylic acids is 2. The normalized spacial score (nSPS) is 10.1. The van der Waals surface area contributed by atoms with Gasteiger partial charge in [-0.15, -0.1) is 0 Å². The summed E-state index contributed by atoms with van der Waals surface area (Å²) in [5.74, 6) is -0.238. The summed E-state index contributed by atoms with van der Waals surface area (Å²) < 4.78 is 5.23. The lowest BCUT2D eigenvalue weighted by Gasteiger charge is -2.04. The maximum atomic E-state index is 11.9. The summed E-state index contributed by atoms with van der Waals surface area (Å²) in [5.41, 5.74) is 5.95. The van der Waals surface area contributed by atoms with Crippen molar-refractivity contribution in [1.82, 2.24) is 0 Å². The smallest absolute Gasteiger partial charge is 0.188 e. The van der Waals surface area contributed by atoms with E-state index >= 15 is 0 Å². The van der Waals surface area contributed by atoms with E-state index in [0.717, 1.165) is 11.1 Å². The fraction of sp³-hybridized carbons (Fsp3) is 0.133. The first-order chi connectivity index (χ1) is 16.0. The van der Waals surface area contributed by atoms with Crippen LogP contribution in [0, 0.1) is 13.8 Å². The van der Waals surface area contributed by atoms with Gasteiger partial charge in [0, 0.05) is 11.1 Å². The number of carbonyl (C=O) groups is 2. The molecule has 3 heteroatoms. The molecule has 0 saturated heterocycles. The average molecular weight is 437 g/mol. The fourth-order valence-electron chi connectivity index (χ4n) is 3.14. The third-order valence-corrected chi connectivity index (χ3v) is 5.09. The molecule has 0 spiro atoms. The first kappa shape index (κ1) is 23.8. The highest BCUT2D eigenvalue weighted by molar-refractivity contribution is 5.99. The van der Waals surface area contributed by atoms with E-state index in [1.165, 1.54) is 11.1 Å². The molecule has 4 aromatic rings. The molecular formula is C30H28O3. The second-order valence-electron chi connectivity index (χ2n) is 7.80. The molecule has 0 unspecified atom stereocenters. The molecule has 0 aromatic heterocycles. The van der Waals surface area contributed by atoms with Crippen LogP contribution >= 0.6 is 0 Å². The van der Waals surface area contributed by atoms with Gasteiger partial charge in [0.25, 0.3) is 0 Å². The Kier molecular flexibility index (Phi) is 8.87. The van der Waals surface area contributed by atoms with Gasteiger partial charge in [-0.05, 0) is 25.0 Å². The van der Waals surface area contributed by atoms with Gasteiger partial charge in [-0.2, -0.15) is 0 Å². The van der Waals surface area contributed by atoms with Gasteiger partial charge >= 0.3 is 0 Å². The van der Waals surface area contributed by atoms with Crippen LogP contribution in [-0.4, -0.2) is 24.8 Å². The van der Waals surface area contributed by atoms with Crippen LogP contribution in [0.15, 0.2) is 109 Å².